The molecule has 1 aromatic carbocycles. The molecule has 1 unspecified atom stereocenters. The van der Waals surface area contributed by atoms with E-state index < -0.39 is 4.92 Å². The van der Waals surface area contributed by atoms with Crippen molar-refractivity contribution < 1.29 is 4.92 Å². The summed E-state index contributed by atoms with van der Waals surface area (Å²) in [5, 5.41) is 10.8. The van der Waals surface area contributed by atoms with Crippen molar-refractivity contribution in [2.75, 3.05) is 18.0 Å². The molecular weight excluding hydrogens is 246 g/mol. The summed E-state index contributed by atoms with van der Waals surface area (Å²) in [7, 11) is 0. The molecule has 100 valence electrons. The van der Waals surface area contributed by atoms with Gasteiger partial charge in [-0.25, -0.2) is 4.98 Å². The first-order valence-electron chi connectivity index (χ1n) is 6.30. The smallest absolute Gasteiger partial charge is 0.271 e. The minimum absolute atomic E-state index is 0.0690. The van der Waals surface area contributed by atoms with Gasteiger partial charge in [-0.3, -0.25) is 10.1 Å². The zero-order valence-electron chi connectivity index (χ0n) is 10.4. The van der Waals surface area contributed by atoms with Crippen LogP contribution in [0.5, 0.6) is 0 Å². The number of nitrogens with one attached hydrogen (secondary N) is 1. The third kappa shape index (κ3) is 2.01. The first-order valence-corrected chi connectivity index (χ1v) is 6.30. The topological polar surface area (TPSA) is 101 Å². The van der Waals surface area contributed by atoms with Crippen LogP contribution in [0.1, 0.15) is 12.8 Å². The van der Waals surface area contributed by atoms with Crippen molar-refractivity contribution in [2.24, 2.45) is 5.73 Å². The van der Waals surface area contributed by atoms with Gasteiger partial charge in [-0.15, -0.1) is 0 Å². The lowest BCUT2D eigenvalue weighted by molar-refractivity contribution is -0.384. The van der Waals surface area contributed by atoms with E-state index in [9.17, 15) is 10.1 Å². The lowest BCUT2D eigenvalue weighted by Crippen LogP contribution is -2.36. The molecule has 7 heteroatoms. The minimum Gasteiger partial charge on any atom is -0.338 e. The average Bonchev–Trinajstić information content (AvgIpc) is 3.03. The van der Waals surface area contributed by atoms with E-state index in [4.69, 9.17) is 5.73 Å². The highest BCUT2D eigenvalue weighted by Gasteiger charge is 2.25. The number of nitrogens with zero attached hydrogens (tertiary/aromatic N) is 3. The van der Waals surface area contributed by atoms with Crippen molar-refractivity contribution in [2.45, 2.75) is 18.9 Å². The second-order valence-corrected chi connectivity index (χ2v) is 4.74. The first-order chi connectivity index (χ1) is 9.19. The molecule has 19 heavy (non-hydrogen) atoms. The van der Waals surface area contributed by atoms with Gasteiger partial charge in [0, 0.05) is 31.3 Å². The largest absolute Gasteiger partial charge is 0.338 e. The fourth-order valence-corrected chi connectivity index (χ4v) is 2.59. The number of nitro groups is 1. The zero-order chi connectivity index (χ0) is 13.4. The van der Waals surface area contributed by atoms with Gasteiger partial charge in [0.1, 0.15) is 0 Å². The second kappa shape index (κ2) is 4.51. The molecule has 1 saturated heterocycles. The predicted molar refractivity (Wildman–Crippen MR) is 72.2 cm³/mol. The SMILES string of the molecule is NCC1CCCN1c1nc2ccc([N+](=O)[O-])cc2[nH]1. The van der Waals surface area contributed by atoms with E-state index in [1.165, 1.54) is 12.1 Å². The van der Waals surface area contributed by atoms with Crippen molar-refractivity contribution in [3.8, 4) is 0 Å². The molecule has 2 heterocycles. The molecule has 3 N–H and O–H groups in total. The molecule has 7 nitrogen and oxygen atoms in total. The van der Waals surface area contributed by atoms with Crippen molar-refractivity contribution in [3.63, 3.8) is 0 Å². The number of benzene rings is 1. The van der Waals surface area contributed by atoms with Crippen molar-refractivity contribution in [1.82, 2.24) is 9.97 Å². The third-order valence-electron chi connectivity index (χ3n) is 3.59. The summed E-state index contributed by atoms with van der Waals surface area (Å²) in [5.74, 6) is 0.753. The molecule has 2 aromatic rings. The van der Waals surface area contributed by atoms with Gasteiger partial charge in [0.15, 0.2) is 0 Å². The molecule has 3 rings (SSSR count). The van der Waals surface area contributed by atoms with E-state index in [1.54, 1.807) is 6.07 Å². The maximum Gasteiger partial charge on any atom is 0.271 e. The molecule has 0 bridgehead atoms. The predicted octanol–water partition coefficient (Wildman–Crippen LogP) is 1.40. The van der Waals surface area contributed by atoms with Gasteiger partial charge >= 0.3 is 0 Å². The number of H-pyrrole nitrogens is 1. The molecule has 1 aliphatic heterocycles. The number of nitro benzene ring substituents is 1. The summed E-state index contributed by atoms with van der Waals surface area (Å²) >= 11 is 0. The Bertz CT molecular complexity index is 624. The van der Waals surface area contributed by atoms with Gasteiger partial charge in [-0.1, -0.05) is 0 Å². The van der Waals surface area contributed by atoms with Crippen LogP contribution in [-0.4, -0.2) is 34.0 Å². The van der Waals surface area contributed by atoms with Crippen molar-refractivity contribution >= 4 is 22.7 Å². The normalized spacial score (nSPS) is 19.2. The Morgan fingerprint density at radius 1 is 1.58 bits per heavy atom. The Morgan fingerprint density at radius 3 is 3.16 bits per heavy atom. The molecule has 1 aliphatic rings. The fraction of sp³-hybridized carbons (Fsp3) is 0.417. The fourth-order valence-electron chi connectivity index (χ4n) is 2.59. The Hall–Kier alpha value is -2.15. The molecular formula is C12H15N5O2. The van der Waals surface area contributed by atoms with Crippen LogP contribution in [0.15, 0.2) is 18.2 Å². The first kappa shape index (κ1) is 11.9. The number of aromatic nitrogens is 2. The average molecular weight is 261 g/mol. The minimum atomic E-state index is -0.404. The summed E-state index contributed by atoms with van der Waals surface area (Å²) in [4.78, 5) is 20.1. The number of imidazole rings is 1. The van der Waals surface area contributed by atoms with Gasteiger partial charge in [0.25, 0.3) is 5.69 Å². The van der Waals surface area contributed by atoms with Gasteiger partial charge in [0.05, 0.1) is 16.0 Å². The lowest BCUT2D eigenvalue weighted by Gasteiger charge is -2.22. The summed E-state index contributed by atoms with van der Waals surface area (Å²) in [6.45, 7) is 1.51. The summed E-state index contributed by atoms with van der Waals surface area (Å²) in [6, 6.07) is 4.95. The van der Waals surface area contributed by atoms with Crippen LogP contribution in [0.4, 0.5) is 11.6 Å². The number of anilines is 1. The van der Waals surface area contributed by atoms with Crippen LogP contribution >= 0.6 is 0 Å². The summed E-state index contributed by atoms with van der Waals surface area (Å²) in [5.41, 5.74) is 7.24. The Kier molecular flexibility index (Phi) is 2.83. The van der Waals surface area contributed by atoms with Crippen molar-refractivity contribution in [1.29, 1.82) is 0 Å². The number of hydrogen-bond donors (Lipinski definition) is 2. The molecule has 0 aliphatic carbocycles. The number of non-ortho nitro benzene ring substituents is 1. The molecule has 0 amide bonds. The lowest BCUT2D eigenvalue weighted by atomic mass is 10.2. The number of fused-ring (bicyclic) bond motifs is 1. The Balaban J connectivity index is 1.99. The van der Waals surface area contributed by atoms with E-state index in [1.807, 2.05) is 0 Å². The van der Waals surface area contributed by atoms with Crippen LogP contribution in [0.2, 0.25) is 0 Å². The summed E-state index contributed by atoms with van der Waals surface area (Å²) < 4.78 is 0. The second-order valence-electron chi connectivity index (χ2n) is 4.74. The highest BCUT2D eigenvalue weighted by atomic mass is 16.6. The van der Waals surface area contributed by atoms with Crippen LogP contribution in [0.25, 0.3) is 11.0 Å². The standard InChI is InChI=1S/C12H15N5O2/c13-7-9-2-1-5-16(9)12-14-10-4-3-8(17(18)19)6-11(10)15-12/h3-4,6,9H,1-2,5,7,13H2,(H,14,15). The number of nitrogens with two attached hydrogens (primary N) is 1. The van der Waals surface area contributed by atoms with Gasteiger partial charge in [-0.05, 0) is 18.9 Å². The molecule has 0 radical (unpaired) electrons. The van der Waals surface area contributed by atoms with E-state index in [0.29, 0.717) is 18.1 Å². The maximum absolute atomic E-state index is 10.8. The maximum atomic E-state index is 10.8. The third-order valence-corrected chi connectivity index (χ3v) is 3.59. The van der Waals surface area contributed by atoms with Crippen molar-refractivity contribution in [3.05, 3.63) is 28.3 Å². The van der Waals surface area contributed by atoms with E-state index in [0.717, 1.165) is 30.9 Å². The molecule has 0 spiro atoms. The highest BCUT2D eigenvalue weighted by molar-refractivity contribution is 5.80. The highest BCUT2D eigenvalue weighted by Crippen LogP contribution is 2.26. The number of hydrogen-bond acceptors (Lipinski definition) is 5. The molecule has 1 aromatic heterocycles. The van der Waals surface area contributed by atoms with E-state index >= 15 is 0 Å². The quantitative estimate of drug-likeness (QED) is 0.642. The molecule has 0 saturated carbocycles. The van der Waals surface area contributed by atoms with Crippen LogP contribution in [-0.2, 0) is 0 Å². The Morgan fingerprint density at radius 2 is 2.42 bits per heavy atom. The molecule has 1 fully saturated rings. The van der Waals surface area contributed by atoms with E-state index in [2.05, 4.69) is 14.9 Å². The zero-order valence-corrected chi connectivity index (χ0v) is 10.4. The number of rotatable bonds is 3. The van der Waals surface area contributed by atoms with Crippen LogP contribution in [0, 0.1) is 10.1 Å². The summed E-state index contributed by atoms with van der Waals surface area (Å²) in [6.07, 6.45) is 2.16. The monoisotopic (exact) mass is 261 g/mol. The van der Waals surface area contributed by atoms with Crippen LogP contribution in [0.3, 0.4) is 0 Å². The van der Waals surface area contributed by atoms with Gasteiger partial charge in [0.2, 0.25) is 5.95 Å². The Labute approximate surface area is 109 Å². The van der Waals surface area contributed by atoms with Gasteiger partial charge < -0.3 is 15.6 Å². The van der Waals surface area contributed by atoms with Crippen LogP contribution < -0.4 is 10.6 Å². The van der Waals surface area contributed by atoms with E-state index in [-0.39, 0.29) is 5.69 Å². The van der Waals surface area contributed by atoms with Gasteiger partial charge in [-0.2, -0.15) is 0 Å². The molecule has 1 atom stereocenters. The number of aromatic amines is 1.